The van der Waals surface area contributed by atoms with Crippen molar-refractivity contribution in [2.45, 2.75) is 17.7 Å². The molecule has 1 aliphatic heterocycles. The monoisotopic (exact) mass is 250 g/mol. The zero-order valence-electron chi connectivity index (χ0n) is 10.0. The molecule has 1 aliphatic rings. The maximum atomic E-state index is 10.7. The normalized spacial score (nSPS) is 17.8. The Morgan fingerprint density at radius 3 is 3.06 bits per heavy atom. The Hall–Kier alpha value is -1.00. The van der Waals surface area contributed by atoms with E-state index in [2.05, 4.69) is 34.9 Å². The molecule has 0 aliphatic carbocycles. The summed E-state index contributed by atoms with van der Waals surface area (Å²) in [6, 6.07) is 8.61. The van der Waals surface area contributed by atoms with Crippen LogP contribution in [0.3, 0.4) is 0 Å². The Balaban J connectivity index is 1.73. The zero-order valence-corrected chi connectivity index (χ0v) is 10.8. The van der Waals surface area contributed by atoms with Crippen molar-refractivity contribution in [3.8, 4) is 0 Å². The molecule has 0 spiro atoms. The minimum absolute atomic E-state index is 0.0357. The van der Waals surface area contributed by atoms with E-state index < -0.39 is 0 Å². The van der Waals surface area contributed by atoms with E-state index >= 15 is 0 Å². The number of hydrogen-bond acceptors (Lipinski definition) is 3. The minimum atomic E-state index is 0.0357. The van der Waals surface area contributed by atoms with Gasteiger partial charge in [-0.2, -0.15) is 0 Å². The highest BCUT2D eigenvalue weighted by Gasteiger charge is 2.21. The summed E-state index contributed by atoms with van der Waals surface area (Å²) in [7, 11) is 0. The lowest BCUT2D eigenvalue weighted by Gasteiger charge is -2.12. The summed E-state index contributed by atoms with van der Waals surface area (Å²) in [5.74, 6) is 1.80. The van der Waals surface area contributed by atoms with E-state index in [0.29, 0.717) is 12.5 Å². The van der Waals surface area contributed by atoms with E-state index in [4.69, 9.17) is 0 Å². The van der Waals surface area contributed by atoms with Crippen LogP contribution < -0.4 is 10.6 Å². The summed E-state index contributed by atoms with van der Waals surface area (Å²) in [4.78, 5) is 12.1. The molecule has 4 heteroatoms. The second kappa shape index (κ2) is 6.07. The number of amides is 1. The zero-order chi connectivity index (χ0) is 12.1. The van der Waals surface area contributed by atoms with Gasteiger partial charge in [-0.3, -0.25) is 4.79 Å². The number of fused-ring (bicyclic) bond motifs is 1. The molecule has 17 heavy (non-hydrogen) atoms. The van der Waals surface area contributed by atoms with E-state index in [9.17, 15) is 4.79 Å². The summed E-state index contributed by atoms with van der Waals surface area (Å²) < 4.78 is 0. The average molecular weight is 250 g/mol. The fourth-order valence-electron chi connectivity index (χ4n) is 2.00. The van der Waals surface area contributed by atoms with Gasteiger partial charge in [0.2, 0.25) is 5.91 Å². The van der Waals surface area contributed by atoms with Crippen LogP contribution in [0.2, 0.25) is 0 Å². The maximum Gasteiger partial charge on any atom is 0.216 e. The lowest BCUT2D eigenvalue weighted by molar-refractivity contribution is -0.118. The molecule has 1 amide bonds. The summed E-state index contributed by atoms with van der Waals surface area (Å²) in [6.45, 7) is 4.08. The van der Waals surface area contributed by atoms with Crippen molar-refractivity contribution in [2.24, 2.45) is 0 Å². The lowest BCUT2D eigenvalue weighted by Crippen LogP contribution is -2.32. The number of benzene rings is 1. The van der Waals surface area contributed by atoms with Crippen molar-refractivity contribution in [1.29, 1.82) is 0 Å². The van der Waals surface area contributed by atoms with Gasteiger partial charge in [0.15, 0.2) is 0 Å². The molecular weight excluding hydrogens is 232 g/mol. The van der Waals surface area contributed by atoms with Gasteiger partial charge in [0, 0.05) is 43.1 Å². The highest BCUT2D eigenvalue weighted by atomic mass is 32.2. The summed E-state index contributed by atoms with van der Waals surface area (Å²) >= 11 is 1.93. The van der Waals surface area contributed by atoms with Crippen LogP contribution in [0.4, 0.5) is 0 Å². The molecule has 0 radical (unpaired) electrons. The Labute approximate surface area is 106 Å². The van der Waals surface area contributed by atoms with Crippen molar-refractivity contribution in [2.75, 3.05) is 25.4 Å². The fourth-order valence-corrected chi connectivity index (χ4v) is 3.26. The Morgan fingerprint density at radius 2 is 2.24 bits per heavy atom. The summed E-state index contributed by atoms with van der Waals surface area (Å²) in [6.07, 6.45) is 0. The van der Waals surface area contributed by atoms with Crippen LogP contribution in [0.15, 0.2) is 29.2 Å². The highest BCUT2D eigenvalue weighted by Crippen LogP contribution is 2.38. The van der Waals surface area contributed by atoms with Crippen LogP contribution in [0.5, 0.6) is 0 Å². The van der Waals surface area contributed by atoms with Gasteiger partial charge >= 0.3 is 0 Å². The molecule has 0 aromatic heterocycles. The number of carbonyl (C=O) groups excluding carboxylic acids is 1. The average Bonchev–Trinajstić information content (AvgIpc) is 2.72. The largest absolute Gasteiger partial charge is 0.355 e. The van der Waals surface area contributed by atoms with Gasteiger partial charge in [0.05, 0.1) is 0 Å². The predicted octanol–water partition coefficient (Wildman–Crippen LogP) is 1.60. The maximum absolute atomic E-state index is 10.7. The topological polar surface area (TPSA) is 41.1 Å². The van der Waals surface area contributed by atoms with Gasteiger partial charge in [-0.25, -0.2) is 0 Å². The SMILES string of the molecule is CC(=O)NCCNCC1CSc2ccccc21. The first-order chi connectivity index (χ1) is 8.27. The second-order valence-corrected chi connectivity index (χ2v) is 5.29. The van der Waals surface area contributed by atoms with Crippen molar-refractivity contribution in [3.63, 3.8) is 0 Å². The van der Waals surface area contributed by atoms with Crippen LogP contribution in [0, 0.1) is 0 Å². The van der Waals surface area contributed by atoms with Gasteiger partial charge in [-0.15, -0.1) is 11.8 Å². The molecule has 1 atom stereocenters. The van der Waals surface area contributed by atoms with Gasteiger partial charge in [-0.1, -0.05) is 18.2 Å². The van der Waals surface area contributed by atoms with Crippen molar-refractivity contribution in [3.05, 3.63) is 29.8 Å². The quantitative estimate of drug-likeness (QED) is 0.780. The molecule has 2 N–H and O–H groups in total. The molecular formula is C13H18N2OS. The molecule has 3 nitrogen and oxygen atoms in total. The molecule has 1 aromatic carbocycles. The van der Waals surface area contributed by atoms with E-state index in [1.165, 1.54) is 10.5 Å². The Bertz CT molecular complexity index is 395. The number of carbonyl (C=O) groups is 1. The molecule has 1 heterocycles. The Morgan fingerprint density at radius 1 is 1.41 bits per heavy atom. The number of nitrogens with one attached hydrogen (secondary N) is 2. The molecule has 1 unspecified atom stereocenters. The van der Waals surface area contributed by atoms with E-state index in [1.54, 1.807) is 6.92 Å². The lowest BCUT2D eigenvalue weighted by atomic mass is 10.0. The molecule has 1 aromatic rings. The first-order valence-electron chi connectivity index (χ1n) is 5.94. The van der Waals surface area contributed by atoms with E-state index in [-0.39, 0.29) is 5.91 Å². The summed E-state index contributed by atoms with van der Waals surface area (Å²) in [5, 5.41) is 6.18. The molecule has 0 fully saturated rings. The minimum Gasteiger partial charge on any atom is -0.355 e. The Kier molecular flexibility index (Phi) is 4.45. The van der Waals surface area contributed by atoms with Crippen molar-refractivity contribution in [1.82, 2.24) is 10.6 Å². The van der Waals surface area contributed by atoms with Crippen LogP contribution >= 0.6 is 11.8 Å². The number of hydrogen-bond donors (Lipinski definition) is 2. The molecule has 2 rings (SSSR count). The van der Waals surface area contributed by atoms with Crippen molar-refractivity contribution < 1.29 is 4.79 Å². The van der Waals surface area contributed by atoms with E-state index in [1.807, 2.05) is 11.8 Å². The first-order valence-corrected chi connectivity index (χ1v) is 6.93. The molecule has 0 saturated heterocycles. The molecule has 0 saturated carbocycles. The summed E-state index contributed by atoms with van der Waals surface area (Å²) in [5.41, 5.74) is 1.46. The smallest absolute Gasteiger partial charge is 0.216 e. The molecule has 92 valence electrons. The van der Waals surface area contributed by atoms with Gasteiger partial charge < -0.3 is 10.6 Å². The van der Waals surface area contributed by atoms with Gasteiger partial charge in [-0.05, 0) is 11.6 Å². The third-order valence-corrected chi connectivity index (χ3v) is 4.12. The standard InChI is InChI=1S/C13H18N2OS/c1-10(16)15-7-6-14-8-11-9-17-13-5-3-2-4-12(11)13/h2-5,11,14H,6-9H2,1H3,(H,15,16). The first kappa shape index (κ1) is 12.5. The number of thioether (sulfide) groups is 1. The van der Waals surface area contributed by atoms with Crippen LogP contribution in [0.1, 0.15) is 18.4 Å². The third kappa shape index (κ3) is 3.48. The third-order valence-electron chi connectivity index (χ3n) is 2.87. The molecule has 0 bridgehead atoms. The van der Waals surface area contributed by atoms with Gasteiger partial charge in [0.1, 0.15) is 0 Å². The predicted molar refractivity (Wildman–Crippen MR) is 71.5 cm³/mol. The highest BCUT2D eigenvalue weighted by molar-refractivity contribution is 7.99. The van der Waals surface area contributed by atoms with Gasteiger partial charge in [0.25, 0.3) is 0 Å². The van der Waals surface area contributed by atoms with E-state index in [0.717, 1.165) is 18.8 Å². The number of rotatable bonds is 5. The van der Waals surface area contributed by atoms with Crippen LogP contribution in [-0.4, -0.2) is 31.3 Å². The fraction of sp³-hybridized carbons (Fsp3) is 0.462. The van der Waals surface area contributed by atoms with Crippen LogP contribution in [0.25, 0.3) is 0 Å². The second-order valence-electron chi connectivity index (χ2n) is 4.23. The van der Waals surface area contributed by atoms with Crippen molar-refractivity contribution >= 4 is 17.7 Å². The van der Waals surface area contributed by atoms with Crippen LogP contribution in [-0.2, 0) is 4.79 Å².